The molecule has 2 aliphatic heterocycles. The van der Waals surface area contributed by atoms with E-state index >= 15 is 0 Å². The minimum absolute atomic E-state index is 0.0156. The van der Waals surface area contributed by atoms with Gasteiger partial charge in [0.2, 0.25) is 5.91 Å². The van der Waals surface area contributed by atoms with Gasteiger partial charge < -0.3 is 15.5 Å². The van der Waals surface area contributed by atoms with Gasteiger partial charge in [0, 0.05) is 43.0 Å². The second-order valence-electron chi connectivity index (χ2n) is 9.64. The van der Waals surface area contributed by atoms with Crippen LogP contribution in [-0.2, 0) is 17.8 Å². The number of hydrogen-bond donors (Lipinski definition) is 1. The van der Waals surface area contributed by atoms with Crippen LogP contribution in [0.1, 0.15) is 30.0 Å². The van der Waals surface area contributed by atoms with Gasteiger partial charge in [0.15, 0.2) is 5.65 Å². The topological polar surface area (TPSA) is 93.2 Å². The van der Waals surface area contributed by atoms with Crippen LogP contribution in [0.4, 0.5) is 15.9 Å². The lowest BCUT2D eigenvalue weighted by molar-refractivity contribution is -0.127. The fourth-order valence-corrected chi connectivity index (χ4v) is 5.55. The second kappa shape index (κ2) is 9.31. The van der Waals surface area contributed by atoms with E-state index in [0.717, 1.165) is 53.9 Å². The summed E-state index contributed by atoms with van der Waals surface area (Å²) in [6.07, 6.45) is 5.29. The predicted octanol–water partition coefficient (Wildman–Crippen LogP) is 4.13. The molecule has 4 aromatic rings. The Labute approximate surface area is 214 Å². The molecule has 4 heterocycles. The van der Waals surface area contributed by atoms with E-state index < -0.39 is 0 Å². The quantitative estimate of drug-likeness (QED) is 0.417. The third-order valence-corrected chi connectivity index (χ3v) is 7.41. The summed E-state index contributed by atoms with van der Waals surface area (Å²) >= 11 is 0. The normalized spacial score (nSPS) is 17.3. The summed E-state index contributed by atoms with van der Waals surface area (Å²) in [5, 5.41) is 5.67. The molecular weight excluding hydrogens is 469 g/mol. The van der Waals surface area contributed by atoms with Crippen molar-refractivity contribution in [2.24, 2.45) is 0 Å². The zero-order chi connectivity index (χ0) is 25.5. The Kier molecular flexibility index (Phi) is 5.82. The number of aromatic nitrogens is 4. The van der Waals surface area contributed by atoms with Crippen molar-refractivity contribution in [3.05, 3.63) is 78.4 Å². The number of fused-ring (bicyclic) bond motifs is 2. The highest BCUT2D eigenvalue weighted by molar-refractivity contribution is 5.98. The van der Waals surface area contributed by atoms with Crippen LogP contribution in [0.3, 0.4) is 0 Å². The van der Waals surface area contributed by atoms with Crippen LogP contribution in [0.25, 0.3) is 22.3 Å². The molecule has 1 unspecified atom stereocenters. The maximum atomic E-state index is 14.1. The molecule has 6 rings (SSSR count). The molecule has 0 radical (unpaired) electrons. The van der Waals surface area contributed by atoms with Gasteiger partial charge in [-0.15, -0.1) is 0 Å². The van der Waals surface area contributed by atoms with E-state index in [1.165, 1.54) is 18.5 Å². The number of nitrogens with two attached hydrogens (primary N) is 1. The Morgan fingerprint density at radius 3 is 2.81 bits per heavy atom. The second-order valence-corrected chi connectivity index (χ2v) is 9.64. The average molecular weight is 498 g/mol. The third kappa shape index (κ3) is 4.10. The first kappa shape index (κ1) is 23.1. The lowest BCUT2D eigenvalue weighted by Crippen LogP contribution is -2.40. The van der Waals surface area contributed by atoms with Gasteiger partial charge in [-0.3, -0.25) is 4.79 Å². The minimum atomic E-state index is -0.132. The van der Waals surface area contributed by atoms with E-state index in [-0.39, 0.29) is 17.8 Å². The van der Waals surface area contributed by atoms with Crippen LogP contribution in [0.2, 0.25) is 0 Å². The summed E-state index contributed by atoms with van der Waals surface area (Å²) in [4.78, 5) is 25.0. The first-order valence-corrected chi connectivity index (χ1v) is 12.5. The Balaban J connectivity index is 1.30. The molecule has 0 aliphatic carbocycles. The van der Waals surface area contributed by atoms with E-state index in [1.807, 2.05) is 22.9 Å². The number of anilines is 2. The van der Waals surface area contributed by atoms with Crippen LogP contribution in [0, 0.1) is 5.82 Å². The molecule has 1 fully saturated rings. The van der Waals surface area contributed by atoms with E-state index in [4.69, 9.17) is 10.8 Å². The maximum Gasteiger partial charge on any atom is 0.246 e. The summed E-state index contributed by atoms with van der Waals surface area (Å²) in [6.45, 7) is 6.37. The van der Waals surface area contributed by atoms with Crippen molar-refractivity contribution < 1.29 is 9.18 Å². The molecule has 1 atom stereocenters. The fraction of sp³-hybridized carbons (Fsp3) is 0.286. The molecular formula is C28H28FN7O. The first-order chi connectivity index (χ1) is 18.0. The number of halogens is 1. The smallest absolute Gasteiger partial charge is 0.246 e. The Morgan fingerprint density at radius 2 is 2.00 bits per heavy atom. The summed E-state index contributed by atoms with van der Waals surface area (Å²) in [5.74, 6) is 0.169. The van der Waals surface area contributed by atoms with Crippen molar-refractivity contribution >= 4 is 28.4 Å². The Bertz CT molecular complexity index is 1500. The van der Waals surface area contributed by atoms with Gasteiger partial charge >= 0.3 is 0 Å². The molecule has 1 amide bonds. The highest BCUT2D eigenvalue weighted by atomic mass is 19.1. The number of hydrogen-bond acceptors (Lipinski definition) is 6. The van der Waals surface area contributed by atoms with Crippen LogP contribution in [-0.4, -0.2) is 50.2 Å². The molecule has 0 bridgehead atoms. The standard InChI is InChI=1S/C28H28FN7O/c1-2-24(37)35-13-4-5-20(16-35)36-28-25(27(30)31-17-32-28)26(33-36)19-10-8-18(9-11-19)15-34-14-12-21-22(29)6-3-7-23(21)34/h2-3,6-11,17,20H,1,4-5,12-16H2,(H2,30,31,32). The number of nitrogens with zero attached hydrogens (tertiary/aromatic N) is 6. The van der Waals surface area contributed by atoms with Gasteiger partial charge in [0.05, 0.1) is 11.4 Å². The molecule has 2 aromatic carbocycles. The third-order valence-electron chi connectivity index (χ3n) is 7.41. The van der Waals surface area contributed by atoms with Crippen molar-refractivity contribution in [1.29, 1.82) is 0 Å². The predicted molar refractivity (Wildman–Crippen MR) is 141 cm³/mol. The van der Waals surface area contributed by atoms with Crippen molar-refractivity contribution in [1.82, 2.24) is 24.6 Å². The van der Waals surface area contributed by atoms with E-state index in [9.17, 15) is 9.18 Å². The monoisotopic (exact) mass is 497 g/mol. The van der Waals surface area contributed by atoms with Gasteiger partial charge in [-0.2, -0.15) is 5.10 Å². The Hall–Kier alpha value is -4.27. The molecule has 188 valence electrons. The SMILES string of the molecule is C=CC(=O)N1CCCC(n2nc(-c3ccc(CN4CCc5c(F)cccc54)cc3)c3c(N)ncnc32)C1. The van der Waals surface area contributed by atoms with Gasteiger partial charge in [0.25, 0.3) is 0 Å². The van der Waals surface area contributed by atoms with Gasteiger partial charge in [0.1, 0.15) is 23.7 Å². The van der Waals surface area contributed by atoms with Crippen molar-refractivity contribution in [3.63, 3.8) is 0 Å². The van der Waals surface area contributed by atoms with Crippen molar-refractivity contribution in [3.8, 4) is 11.3 Å². The summed E-state index contributed by atoms with van der Waals surface area (Å²) in [7, 11) is 0. The zero-order valence-corrected chi connectivity index (χ0v) is 20.5. The Morgan fingerprint density at radius 1 is 1.16 bits per heavy atom. The van der Waals surface area contributed by atoms with Crippen LogP contribution in [0.15, 0.2) is 61.4 Å². The van der Waals surface area contributed by atoms with Crippen LogP contribution >= 0.6 is 0 Å². The average Bonchev–Trinajstić information content (AvgIpc) is 3.52. The highest BCUT2D eigenvalue weighted by Gasteiger charge is 2.28. The number of rotatable bonds is 5. The zero-order valence-electron chi connectivity index (χ0n) is 20.5. The lowest BCUT2D eigenvalue weighted by Gasteiger charge is -2.32. The number of benzene rings is 2. The fourth-order valence-electron chi connectivity index (χ4n) is 5.55. The van der Waals surface area contributed by atoms with E-state index in [0.29, 0.717) is 36.5 Å². The highest BCUT2D eigenvalue weighted by Crippen LogP contribution is 2.35. The molecule has 2 aliphatic rings. The number of piperidine rings is 1. The minimum Gasteiger partial charge on any atom is -0.383 e. The van der Waals surface area contributed by atoms with Crippen molar-refractivity contribution in [2.75, 3.05) is 30.3 Å². The van der Waals surface area contributed by atoms with Crippen molar-refractivity contribution in [2.45, 2.75) is 31.8 Å². The molecule has 37 heavy (non-hydrogen) atoms. The number of carbonyl (C=O) groups excluding carboxylic acids is 1. The van der Waals surface area contributed by atoms with E-state index in [2.05, 4.69) is 33.6 Å². The van der Waals surface area contributed by atoms with Crippen LogP contribution in [0.5, 0.6) is 0 Å². The number of nitrogen functional groups attached to an aromatic ring is 1. The van der Waals surface area contributed by atoms with Gasteiger partial charge in [-0.1, -0.05) is 36.9 Å². The molecule has 8 nitrogen and oxygen atoms in total. The maximum absolute atomic E-state index is 14.1. The summed E-state index contributed by atoms with van der Waals surface area (Å²) < 4.78 is 16.0. The number of carbonyl (C=O) groups is 1. The molecule has 2 N–H and O–H groups in total. The summed E-state index contributed by atoms with van der Waals surface area (Å²) in [5.41, 5.74) is 11.5. The molecule has 0 saturated carbocycles. The summed E-state index contributed by atoms with van der Waals surface area (Å²) in [6, 6.07) is 13.5. The van der Waals surface area contributed by atoms with Gasteiger partial charge in [-0.25, -0.2) is 19.0 Å². The van der Waals surface area contributed by atoms with Crippen LogP contribution < -0.4 is 10.6 Å². The molecule has 2 aromatic heterocycles. The lowest BCUT2D eigenvalue weighted by atomic mass is 10.1. The van der Waals surface area contributed by atoms with E-state index in [1.54, 1.807) is 11.0 Å². The number of likely N-dealkylation sites (tertiary alicyclic amines) is 1. The first-order valence-electron chi connectivity index (χ1n) is 12.5. The number of amides is 1. The largest absolute Gasteiger partial charge is 0.383 e. The molecule has 9 heteroatoms. The van der Waals surface area contributed by atoms with Gasteiger partial charge in [-0.05, 0) is 43.0 Å². The molecule has 1 saturated heterocycles. The molecule has 0 spiro atoms.